The average Bonchev–Trinajstić information content (AvgIpc) is 3.07. The van der Waals surface area contributed by atoms with Crippen molar-refractivity contribution in [2.45, 2.75) is 5.22 Å². The van der Waals surface area contributed by atoms with Gasteiger partial charge in [-0.1, -0.05) is 47.6 Å². The van der Waals surface area contributed by atoms with Crippen LogP contribution >= 0.6 is 23.4 Å². The van der Waals surface area contributed by atoms with E-state index in [0.29, 0.717) is 21.6 Å². The Morgan fingerprint density at radius 1 is 1.08 bits per heavy atom. The van der Waals surface area contributed by atoms with Gasteiger partial charge in [0.15, 0.2) is 12.2 Å². The van der Waals surface area contributed by atoms with Gasteiger partial charge < -0.3 is 9.15 Å². The van der Waals surface area contributed by atoms with Gasteiger partial charge in [-0.2, -0.15) is 0 Å². The molecule has 26 heavy (non-hydrogen) atoms. The molecule has 0 unspecified atom stereocenters. The Bertz CT molecular complexity index is 898. The maximum absolute atomic E-state index is 11.8. The number of benzene rings is 2. The summed E-state index contributed by atoms with van der Waals surface area (Å²) in [5.74, 6) is -0.478. The highest BCUT2D eigenvalue weighted by atomic mass is 35.5. The van der Waals surface area contributed by atoms with Crippen molar-refractivity contribution >= 4 is 46.3 Å². The van der Waals surface area contributed by atoms with Crippen molar-refractivity contribution < 1.29 is 18.7 Å². The summed E-state index contributed by atoms with van der Waals surface area (Å²) in [5.41, 5.74) is 5.94. The van der Waals surface area contributed by atoms with Gasteiger partial charge in [-0.3, -0.25) is 20.4 Å². The van der Waals surface area contributed by atoms with Gasteiger partial charge >= 0.3 is 0 Å². The Hall–Kier alpha value is -2.71. The van der Waals surface area contributed by atoms with Gasteiger partial charge in [-0.15, -0.1) is 0 Å². The second-order valence-electron chi connectivity index (χ2n) is 5.05. The lowest BCUT2D eigenvalue weighted by molar-refractivity contribution is -0.128. The van der Waals surface area contributed by atoms with Crippen molar-refractivity contribution in [1.82, 2.24) is 15.8 Å². The van der Waals surface area contributed by atoms with E-state index in [4.69, 9.17) is 20.8 Å². The molecule has 0 spiro atoms. The summed E-state index contributed by atoms with van der Waals surface area (Å²) in [6, 6.07) is 14.1. The van der Waals surface area contributed by atoms with Crippen LogP contribution in [-0.2, 0) is 9.59 Å². The molecule has 1 aromatic heterocycles. The van der Waals surface area contributed by atoms with Gasteiger partial charge in [0, 0.05) is 0 Å². The van der Waals surface area contributed by atoms with Gasteiger partial charge in [-0.05, 0) is 24.3 Å². The predicted octanol–water partition coefficient (Wildman–Crippen LogP) is 2.80. The molecule has 0 atom stereocenters. The number of ether oxygens (including phenoxy) is 1. The number of aromatic nitrogens is 1. The van der Waals surface area contributed by atoms with Crippen molar-refractivity contribution in [2.75, 3.05) is 12.4 Å². The van der Waals surface area contributed by atoms with Crippen LogP contribution < -0.4 is 15.6 Å². The molecule has 0 saturated carbocycles. The molecule has 0 bridgehead atoms. The second-order valence-corrected chi connectivity index (χ2v) is 6.39. The monoisotopic (exact) mass is 391 g/mol. The lowest BCUT2D eigenvalue weighted by Gasteiger charge is -2.09. The first kappa shape index (κ1) is 18.1. The highest BCUT2D eigenvalue weighted by Crippen LogP contribution is 2.23. The van der Waals surface area contributed by atoms with E-state index in [9.17, 15) is 9.59 Å². The van der Waals surface area contributed by atoms with Crippen molar-refractivity contribution in [3.05, 3.63) is 53.6 Å². The van der Waals surface area contributed by atoms with Crippen molar-refractivity contribution in [3.63, 3.8) is 0 Å². The van der Waals surface area contributed by atoms with Gasteiger partial charge in [-0.25, -0.2) is 4.98 Å². The number of nitrogens with zero attached hydrogens (tertiary/aromatic N) is 1. The van der Waals surface area contributed by atoms with Crippen molar-refractivity contribution in [2.24, 2.45) is 0 Å². The summed E-state index contributed by atoms with van der Waals surface area (Å²) in [4.78, 5) is 27.7. The number of hydrogen-bond donors (Lipinski definition) is 2. The minimum Gasteiger partial charge on any atom is -0.482 e. The fourth-order valence-corrected chi connectivity index (χ4v) is 2.79. The van der Waals surface area contributed by atoms with Gasteiger partial charge in [0.1, 0.15) is 11.3 Å². The third-order valence-corrected chi connectivity index (χ3v) is 4.28. The SMILES string of the molecule is O=C(COc1ccccc1Cl)NNC(=O)CSc1nc2ccccc2o1. The Labute approximate surface area is 158 Å². The first-order chi connectivity index (χ1) is 12.6. The molecule has 3 rings (SSSR count). The number of para-hydroxylation sites is 3. The van der Waals surface area contributed by atoms with E-state index >= 15 is 0 Å². The molecule has 0 saturated heterocycles. The number of rotatable bonds is 6. The van der Waals surface area contributed by atoms with E-state index in [1.807, 2.05) is 18.2 Å². The van der Waals surface area contributed by atoms with Gasteiger partial charge in [0.05, 0.1) is 10.8 Å². The van der Waals surface area contributed by atoms with Gasteiger partial charge in [0.25, 0.3) is 11.1 Å². The van der Waals surface area contributed by atoms with Crippen LogP contribution in [0.4, 0.5) is 0 Å². The molecular formula is C17H14ClN3O4S. The van der Waals surface area contributed by atoms with Crippen molar-refractivity contribution in [3.8, 4) is 5.75 Å². The van der Waals surface area contributed by atoms with E-state index < -0.39 is 11.8 Å². The molecule has 2 N–H and O–H groups in total. The number of hydrogen-bond acceptors (Lipinski definition) is 6. The van der Waals surface area contributed by atoms with Crippen LogP contribution in [0.15, 0.2) is 58.2 Å². The van der Waals surface area contributed by atoms with Crippen LogP contribution in [0, 0.1) is 0 Å². The lowest BCUT2D eigenvalue weighted by Crippen LogP contribution is -2.44. The number of carbonyl (C=O) groups excluding carboxylic acids is 2. The topological polar surface area (TPSA) is 93.5 Å². The molecule has 0 aliphatic rings. The van der Waals surface area contributed by atoms with E-state index in [-0.39, 0.29) is 12.4 Å². The zero-order chi connectivity index (χ0) is 18.4. The van der Waals surface area contributed by atoms with Crippen LogP contribution in [0.3, 0.4) is 0 Å². The molecule has 9 heteroatoms. The number of fused-ring (bicyclic) bond motifs is 1. The van der Waals surface area contributed by atoms with Crippen LogP contribution in [0.1, 0.15) is 0 Å². The normalized spacial score (nSPS) is 10.5. The molecule has 0 aliphatic carbocycles. The summed E-state index contributed by atoms with van der Waals surface area (Å²) >= 11 is 7.05. The molecule has 0 radical (unpaired) electrons. The lowest BCUT2D eigenvalue weighted by atomic mass is 10.3. The minimum absolute atomic E-state index is 0.0402. The number of nitrogens with one attached hydrogen (secondary N) is 2. The average molecular weight is 392 g/mol. The minimum atomic E-state index is -0.509. The van der Waals surface area contributed by atoms with Crippen LogP contribution in [-0.4, -0.2) is 29.2 Å². The summed E-state index contributed by atoms with van der Waals surface area (Å²) in [5, 5.41) is 0.786. The summed E-state index contributed by atoms with van der Waals surface area (Å²) < 4.78 is 10.8. The Morgan fingerprint density at radius 3 is 2.62 bits per heavy atom. The van der Waals surface area contributed by atoms with E-state index in [2.05, 4.69) is 15.8 Å². The molecule has 0 aliphatic heterocycles. The Kier molecular flexibility index (Phi) is 5.98. The predicted molar refractivity (Wildman–Crippen MR) is 98.0 cm³/mol. The summed E-state index contributed by atoms with van der Waals surface area (Å²) in [7, 11) is 0. The van der Waals surface area contributed by atoms with E-state index in [0.717, 1.165) is 17.3 Å². The maximum Gasteiger partial charge on any atom is 0.276 e. The smallest absolute Gasteiger partial charge is 0.276 e. The van der Waals surface area contributed by atoms with Crippen LogP contribution in [0.5, 0.6) is 5.75 Å². The van der Waals surface area contributed by atoms with Crippen LogP contribution in [0.2, 0.25) is 5.02 Å². The largest absolute Gasteiger partial charge is 0.482 e. The third-order valence-electron chi connectivity index (χ3n) is 3.14. The molecule has 134 valence electrons. The number of halogens is 1. The molecule has 2 aromatic carbocycles. The third kappa shape index (κ3) is 4.90. The Balaban J connectivity index is 1.39. The maximum atomic E-state index is 11.8. The zero-order valence-electron chi connectivity index (χ0n) is 13.4. The standard InChI is InChI=1S/C17H14ClN3O4S/c18-11-5-1-3-7-13(11)24-9-15(22)20-21-16(23)10-26-17-19-12-6-2-4-8-14(12)25-17/h1-8H,9-10H2,(H,20,22)(H,21,23). The first-order valence-corrected chi connectivity index (χ1v) is 8.91. The van der Waals surface area contributed by atoms with Crippen molar-refractivity contribution in [1.29, 1.82) is 0 Å². The fraction of sp³-hybridized carbons (Fsp3) is 0.118. The summed E-state index contributed by atoms with van der Waals surface area (Å²) in [6.07, 6.45) is 0. The number of oxazole rings is 1. The zero-order valence-corrected chi connectivity index (χ0v) is 15.0. The van der Waals surface area contributed by atoms with Gasteiger partial charge in [0.2, 0.25) is 5.91 Å². The highest BCUT2D eigenvalue weighted by Gasteiger charge is 2.10. The van der Waals surface area contributed by atoms with E-state index in [1.165, 1.54) is 0 Å². The Morgan fingerprint density at radius 2 is 1.81 bits per heavy atom. The molecule has 0 fully saturated rings. The number of thioether (sulfide) groups is 1. The number of hydrazine groups is 1. The fourth-order valence-electron chi connectivity index (χ4n) is 1.96. The second kappa shape index (κ2) is 8.59. The van der Waals surface area contributed by atoms with Crippen LogP contribution in [0.25, 0.3) is 11.1 Å². The molecule has 1 heterocycles. The number of amides is 2. The molecule has 7 nitrogen and oxygen atoms in total. The first-order valence-electron chi connectivity index (χ1n) is 7.55. The highest BCUT2D eigenvalue weighted by molar-refractivity contribution is 7.99. The molecular weight excluding hydrogens is 378 g/mol. The molecule has 2 amide bonds. The quantitative estimate of drug-likeness (QED) is 0.495. The van der Waals surface area contributed by atoms with E-state index in [1.54, 1.807) is 30.3 Å². The number of carbonyl (C=O) groups is 2. The molecule has 3 aromatic rings. The summed E-state index contributed by atoms with van der Waals surface area (Å²) in [6.45, 7) is -0.276.